The van der Waals surface area contributed by atoms with Gasteiger partial charge in [-0.25, -0.2) is 0 Å². The molecule has 0 aliphatic rings. The van der Waals surface area contributed by atoms with E-state index < -0.39 is 0 Å². The number of hydrogen-bond donors (Lipinski definition) is 1. The molecule has 1 rings (SSSR count). The quantitative estimate of drug-likeness (QED) is 0.528. The third-order valence-electron chi connectivity index (χ3n) is 2.99. The summed E-state index contributed by atoms with van der Waals surface area (Å²) in [5.74, 6) is 0. The van der Waals surface area contributed by atoms with E-state index in [4.69, 9.17) is 39.0 Å². The van der Waals surface area contributed by atoms with Crippen LogP contribution in [0.4, 0.5) is 5.69 Å². The zero-order chi connectivity index (χ0) is 15.7. The van der Waals surface area contributed by atoms with Gasteiger partial charge < -0.3 is 20.1 Å². The molecule has 0 radical (unpaired) electrons. The van der Waals surface area contributed by atoms with Crippen molar-refractivity contribution in [2.24, 2.45) is 5.73 Å². The van der Waals surface area contributed by atoms with Crippen LogP contribution >= 0.6 is 23.8 Å². The molecule has 2 N–H and O–H groups in total. The monoisotopic (exact) mass is 330 g/mol. The van der Waals surface area contributed by atoms with Crippen molar-refractivity contribution < 1.29 is 9.47 Å². The molecule has 118 valence electrons. The van der Waals surface area contributed by atoms with Crippen molar-refractivity contribution in [3.8, 4) is 0 Å². The second-order valence-corrected chi connectivity index (χ2v) is 5.26. The summed E-state index contributed by atoms with van der Waals surface area (Å²) in [6.07, 6.45) is 0. The minimum absolute atomic E-state index is 0.346. The van der Waals surface area contributed by atoms with Crippen LogP contribution in [0.3, 0.4) is 0 Å². The van der Waals surface area contributed by atoms with E-state index >= 15 is 0 Å². The molecule has 1 aromatic carbocycles. The van der Waals surface area contributed by atoms with Gasteiger partial charge in [0.15, 0.2) is 0 Å². The van der Waals surface area contributed by atoms with Crippen LogP contribution in [0.1, 0.15) is 19.4 Å². The van der Waals surface area contributed by atoms with Crippen LogP contribution in [-0.4, -0.2) is 44.5 Å². The van der Waals surface area contributed by atoms with E-state index in [9.17, 15) is 0 Å². The third kappa shape index (κ3) is 6.18. The van der Waals surface area contributed by atoms with Gasteiger partial charge >= 0.3 is 0 Å². The summed E-state index contributed by atoms with van der Waals surface area (Å²) in [5, 5.41) is 0.633. The fourth-order valence-corrected chi connectivity index (χ4v) is 2.33. The predicted molar refractivity (Wildman–Crippen MR) is 92.5 cm³/mol. The van der Waals surface area contributed by atoms with E-state index in [1.807, 2.05) is 26.0 Å². The van der Waals surface area contributed by atoms with Gasteiger partial charge in [0.2, 0.25) is 0 Å². The molecular weight excluding hydrogens is 308 g/mol. The molecule has 0 saturated carbocycles. The molecule has 0 heterocycles. The zero-order valence-electron chi connectivity index (χ0n) is 12.6. The molecule has 21 heavy (non-hydrogen) atoms. The lowest BCUT2D eigenvalue weighted by Crippen LogP contribution is -2.31. The number of ether oxygens (including phenoxy) is 2. The number of hydrogen-bond acceptors (Lipinski definition) is 4. The topological polar surface area (TPSA) is 47.7 Å². The number of rotatable bonds is 10. The van der Waals surface area contributed by atoms with E-state index in [1.165, 1.54) is 0 Å². The van der Waals surface area contributed by atoms with Crippen LogP contribution in [0.5, 0.6) is 0 Å². The predicted octanol–water partition coefficient (Wildman–Crippen LogP) is 2.85. The molecule has 0 saturated heterocycles. The molecule has 0 atom stereocenters. The van der Waals surface area contributed by atoms with Crippen molar-refractivity contribution in [3.05, 3.63) is 28.8 Å². The summed E-state index contributed by atoms with van der Waals surface area (Å²) in [6.45, 7) is 8.18. The second-order valence-electron chi connectivity index (χ2n) is 4.41. The minimum atomic E-state index is 0.346. The van der Waals surface area contributed by atoms with E-state index in [2.05, 4.69) is 4.90 Å². The third-order valence-corrected chi connectivity index (χ3v) is 3.53. The molecule has 0 fully saturated rings. The summed E-state index contributed by atoms with van der Waals surface area (Å²) in [6, 6.07) is 5.63. The number of nitrogens with zero attached hydrogens (tertiary/aromatic N) is 1. The Hall–Kier alpha value is -0.880. The SMILES string of the molecule is CCOCCN(CCOCC)c1ccc(C(N)=S)cc1Cl. The zero-order valence-corrected chi connectivity index (χ0v) is 14.2. The van der Waals surface area contributed by atoms with E-state index in [-0.39, 0.29) is 0 Å². The molecule has 0 spiro atoms. The molecule has 0 aliphatic heterocycles. The maximum Gasteiger partial charge on any atom is 0.104 e. The highest BCUT2D eigenvalue weighted by Gasteiger charge is 2.11. The van der Waals surface area contributed by atoms with Gasteiger partial charge in [-0.05, 0) is 32.0 Å². The van der Waals surface area contributed by atoms with Crippen LogP contribution in [-0.2, 0) is 9.47 Å². The Morgan fingerprint density at radius 3 is 2.19 bits per heavy atom. The summed E-state index contributed by atoms with van der Waals surface area (Å²) < 4.78 is 10.9. The van der Waals surface area contributed by atoms with Gasteiger partial charge in [0.1, 0.15) is 4.99 Å². The Labute approximate surface area is 137 Å². The van der Waals surface area contributed by atoms with Gasteiger partial charge in [-0.1, -0.05) is 23.8 Å². The highest BCUT2D eigenvalue weighted by atomic mass is 35.5. The van der Waals surface area contributed by atoms with Crippen LogP contribution in [0, 0.1) is 0 Å². The summed E-state index contributed by atoms with van der Waals surface area (Å²) in [7, 11) is 0. The van der Waals surface area contributed by atoms with Gasteiger partial charge in [-0.2, -0.15) is 0 Å². The maximum absolute atomic E-state index is 6.36. The fraction of sp³-hybridized carbons (Fsp3) is 0.533. The first-order valence-electron chi connectivity index (χ1n) is 7.09. The number of benzene rings is 1. The van der Waals surface area contributed by atoms with Crippen molar-refractivity contribution in [3.63, 3.8) is 0 Å². The number of halogens is 1. The molecule has 0 aliphatic carbocycles. The van der Waals surface area contributed by atoms with Crippen LogP contribution in [0.2, 0.25) is 5.02 Å². The lowest BCUT2D eigenvalue weighted by Gasteiger charge is -2.26. The highest BCUT2D eigenvalue weighted by Crippen LogP contribution is 2.26. The lowest BCUT2D eigenvalue weighted by molar-refractivity contribution is 0.141. The molecule has 4 nitrogen and oxygen atoms in total. The molecule has 0 aromatic heterocycles. The van der Waals surface area contributed by atoms with Gasteiger partial charge in [0.25, 0.3) is 0 Å². The average Bonchev–Trinajstić information content (AvgIpc) is 2.46. The first-order chi connectivity index (χ1) is 10.1. The molecular formula is C15H23ClN2O2S. The summed E-state index contributed by atoms with van der Waals surface area (Å²) >= 11 is 11.3. The highest BCUT2D eigenvalue weighted by molar-refractivity contribution is 7.80. The Balaban J connectivity index is 2.82. The van der Waals surface area contributed by atoms with Crippen LogP contribution < -0.4 is 10.6 Å². The average molecular weight is 331 g/mol. The fourth-order valence-electron chi connectivity index (χ4n) is 1.91. The minimum Gasteiger partial charge on any atom is -0.389 e. The smallest absolute Gasteiger partial charge is 0.104 e. The van der Waals surface area contributed by atoms with Crippen molar-refractivity contribution in [1.29, 1.82) is 0 Å². The second kappa shape index (κ2) is 9.95. The normalized spacial score (nSPS) is 10.6. The van der Waals surface area contributed by atoms with E-state index in [0.717, 1.165) is 24.3 Å². The van der Waals surface area contributed by atoms with Crippen LogP contribution in [0.15, 0.2) is 18.2 Å². The first-order valence-corrected chi connectivity index (χ1v) is 7.88. The van der Waals surface area contributed by atoms with Gasteiger partial charge in [-0.3, -0.25) is 0 Å². The van der Waals surface area contributed by atoms with Gasteiger partial charge in [0, 0.05) is 31.9 Å². The number of anilines is 1. The first kappa shape index (κ1) is 18.2. The Kier molecular flexibility index (Phi) is 8.61. The Bertz CT molecular complexity index is 447. The van der Waals surface area contributed by atoms with Crippen molar-refractivity contribution in [1.82, 2.24) is 0 Å². The van der Waals surface area contributed by atoms with Crippen LogP contribution in [0.25, 0.3) is 0 Å². The van der Waals surface area contributed by atoms with Gasteiger partial charge in [0.05, 0.1) is 23.9 Å². The number of thiocarbonyl (C=S) groups is 1. The lowest BCUT2D eigenvalue weighted by atomic mass is 10.2. The molecule has 0 unspecified atom stereocenters. The Morgan fingerprint density at radius 2 is 1.76 bits per heavy atom. The summed E-state index contributed by atoms with van der Waals surface area (Å²) in [4.78, 5) is 2.50. The van der Waals surface area contributed by atoms with Gasteiger partial charge in [-0.15, -0.1) is 0 Å². The summed E-state index contributed by atoms with van der Waals surface area (Å²) in [5.41, 5.74) is 7.34. The van der Waals surface area contributed by atoms with Crippen molar-refractivity contribution in [2.45, 2.75) is 13.8 Å². The van der Waals surface area contributed by atoms with Crippen molar-refractivity contribution >= 4 is 34.5 Å². The maximum atomic E-state index is 6.36. The molecule has 1 aromatic rings. The molecule has 0 bridgehead atoms. The number of nitrogens with two attached hydrogens (primary N) is 1. The Morgan fingerprint density at radius 1 is 1.19 bits per heavy atom. The largest absolute Gasteiger partial charge is 0.389 e. The van der Waals surface area contributed by atoms with E-state index in [1.54, 1.807) is 6.07 Å². The standard InChI is InChI=1S/C15H23ClN2O2S/c1-3-19-9-7-18(8-10-20-4-2)14-6-5-12(15(17)21)11-13(14)16/h5-6,11H,3-4,7-10H2,1-2H3,(H2,17,21). The van der Waals surface area contributed by atoms with E-state index in [0.29, 0.717) is 36.4 Å². The van der Waals surface area contributed by atoms with Crippen molar-refractivity contribution in [2.75, 3.05) is 44.4 Å². The molecule has 6 heteroatoms. The molecule has 0 amide bonds.